The lowest BCUT2D eigenvalue weighted by atomic mass is 10.0. The standard InChI is InChI=1S/C16H20ClN3O3/c1-19-10-11(9-14(19)21)16(22)20-7-4-12(5-8-20)23-15-13(17)3-2-6-18-15/h2-3,6,11-12H,4-5,7-10H2,1H3/t11-/m1/s1. The molecule has 6 nitrogen and oxygen atoms in total. The Balaban J connectivity index is 1.51. The van der Waals surface area contributed by atoms with Crippen molar-refractivity contribution >= 4 is 23.4 Å². The van der Waals surface area contributed by atoms with Crippen molar-refractivity contribution in [2.75, 3.05) is 26.7 Å². The molecule has 2 amide bonds. The van der Waals surface area contributed by atoms with Crippen molar-refractivity contribution in [1.82, 2.24) is 14.8 Å². The molecule has 1 aromatic rings. The molecule has 7 heteroatoms. The van der Waals surface area contributed by atoms with Crippen LogP contribution in [0.5, 0.6) is 5.88 Å². The molecule has 124 valence electrons. The molecule has 0 aliphatic carbocycles. The largest absolute Gasteiger partial charge is 0.473 e. The molecule has 0 bridgehead atoms. The van der Waals surface area contributed by atoms with Crippen LogP contribution < -0.4 is 4.74 Å². The summed E-state index contributed by atoms with van der Waals surface area (Å²) in [6.07, 6.45) is 3.48. The van der Waals surface area contributed by atoms with Crippen LogP contribution in [0.25, 0.3) is 0 Å². The highest BCUT2D eigenvalue weighted by molar-refractivity contribution is 6.31. The van der Waals surface area contributed by atoms with E-state index in [9.17, 15) is 9.59 Å². The molecule has 3 heterocycles. The van der Waals surface area contributed by atoms with E-state index in [0.717, 1.165) is 12.8 Å². The lowest BCUT2D eigenvalue weighted by molar-refractivity contribution is -0.137. The highest BCUT2D eigenvalue weighted by atomic mass is 35.5. The van der Waals surface area contributed by atoms with Gasteiger partial charge in [0.25, 0.3) is 0 Å². The maximum absolute atomic E-state index is 12.5. The van der Waals surface area contributed by atoms with Crippen LogP contribution >= 0.6 is 11.6 Å². The van der Waals surface area contributed by atoms with Gasteiger partial charge in [-0.25, -0.2) is 4.98 Å². The molecule has 0 unspecified atom stereocenters. The predicted octanol–water partition coefficient (Wildman–Crippen LogP) is 1.58. The summed E-state index contributed by atoms with van der Waals surface area (Å²) in [5.41, 5.74) is 0. The quantitative estimate of drug-likeness (QED) is 0.840. The van der Waals surface area contributed by atoms with Crippen LogP contribution in [0.2, 0.25) is 5.02 Å². The number of ether oxygens (including phenoxy) is 1. The number of likely N-dealkylation sites (tertiary alicyclic amines) is 2. The van der Waals surface area contributed by atoms with Crippen molar-refractivity contribution in [3.8, 4) is 5.88 Å². The molecule has 1 aromatic heterocycles. The monoisotopic (exact) mass is 337 g/mol. The summed E-state index contributed by atoms with van der Waals surface area (Å²) in [5.74, 6) is 0.376. The normalized spacial score (nSPS) is 22.5. The second-order valence-electron chi connectivity index (χ2n) is 6.11. The van der Waals surface area contributed by atoms with Gasteiger partial charge < -0.3 is 14.5 Å². The number of piperidine rings is 1. The van der Waals surface area contributed by atoms with Crippen molar-refractivity contribution in [2.45, 2.75) is 25.4 Å². The number of carbonyl (C=O) groups excluding carboxylic acids is 2. The third kappa shape index (κ3) is 3.58. The van der Waals surface area contributed by atoms with Crippen molar-refractivity contribution in [3.63, 3.8) is 0 Å². The minimum Gasteiger partial charge on any atom is -0.473 e. The fourth-order valence-electron chi connectivity index (χ4n) is 3.10. The Morgan fingerprint density at radius 2 is 2.13 bits per heavy atom. The van der Waals surface area contributed by atoms with Gasteiger partial charge in [-0.2, -0.15) is 0 Å². The molecule has 2 aliphatic rings. The molecular formula is C16H20ClN3O3. The van der Waals surface area contributed by atoms with Gasteiger partial charge in [0, 0.05) is 52.1 Å². The van der Waals surface area contributed by atoms with E-state index >= 15 is 0 Å². The van der Waals surface area contributed by atoms with Crippen LogP contribution in [-0.2, 0) is 9.59 Å². The van der Waals surface area contributed by atoms with Gasteiger partial charge in [-0.1, -0.05) is 11.6 Å². The van der Waals surface area contributed by atoms with E-state index in [2.05, 4.69) is 4.98 Å². The van der Waals surface area contributed by atoms with Gasteiger partial charge in [-0.3, -0.25) is 9.59 Å². The first kappa shape index (κ1) is 16.1. The minimum absolute atomic E-state index is 0.0133. The summed E-state index contributed by atoms with van der Waals surface area (Å²) in [5, 5.41) is 0.499. The molecule has 2 aliphatic heterocycles. The maximum atomic E-state index is 12.5. The van der Waals surface area contributed by atoms with Crippen molar-refractivity contribution < 1.29 is 14.3 Å². The number of rotatable bonds is 3. The fraction of sp³-hybridized carbons (Fsp3) is 0.562. The zero-order chi connectivity index (χ0) is 16.4. The minimum atomic E-state index is -0.199. The van der Waals surface area contributed by atoms with Gasteiger partial charge in [0.05, 0.1) is 5.92 Å². The second kappa shape index (κ2) is 6.74. The van der Waals surface area contributed by atoms with Crippen LogP contribution in [-0.4, -0.2) is 59.4 Å². The number of nitrogens with zero attached hydrogens (tertiary/aromatic N) is 3. The van der Waals surface area contributed by atoms with Crippen LogP contribution in [0, 0.1) is 5.92 Å². The lowest BCUT2D eigenvalue weighted by Gasteiger charge is -2.33. The Bertz CT molecular complexity index is 602. The molecule has 0 spiro atoms. The van der Waals surface area contributed by atoms with Gasteiger partial charge in [-0.15, -0.1) is 0 Å². The highest BCUT2D eigenvalue weighted by Crippen LogP contribution is 2.26. The Morgan fingerprint density at radius 1 is 1.39 bits per heavy atom. The molecule has 0 N–H and O–H groups in total. The summed E-state index contributed by atoms with van der Waals surface area (Å²) in [6.45, 7) is 1.81. The van der Waals surface area contributed by atoms with Crippen LogP contribution in [0.3, 0.4) is 0 Å². The number of aromatic nitrogens is 1. The summed E-state index contributed by atoms with van der Waals surface area (Å²) < 4.78 is 5.83. The Hall–Kier alpha value is -1.82. The zero-order valence-corrected chi connectivity index (χ0v) is 13.8. The number of hydrogen-bond acceptors (Lipinski definition) is 4. The van der Waals surface area contributed by atoms with Gasteiger partial charge in [0.15, 0.2) is 0 Å². The van der Waals surface area contributed by atoms with Crippen molar-refractivity contribution in [1.29, 1.82) is 0 Å². The van der Waals surface area contributed by atoms with E-state index in [1.54, 1.807) is 30.3 Å². The van der Waals surface area contributed by atoms with Crippen molar-refractivity contribution in [2.24, 2.45) is 5.92 Å². The predicted molar refractivity (Wildman–Crippen MR) is 85.2 cm³/mol. The van der Waals surface area contributed by atoms with E-state index in [1.165, 1.54) is 0 Å². The maximum Gasteiger partial charge on any atom is 0.232 e. The van der Waals surface area contributed by atoms with E-state index in [4.69, 9.17) is 16.3 Å². The molecule has 0 radical (unpaired) electrons. The summed E-state index contributed by atoms with van der Waals surface area (Å²) in [7, 11) is 1.74. The SMILES string of the molecule is CN1C[C@H](C(=O)N2CCC(Oc3ncccc3Cl)CC2)CC1=O. The Morgan fingerprint density at radius 3 is 2.74 bits per heavy atom. The Kier molecular flexibility index (Phi) is 4.71. The smallest absolute Gasteiger partial charge is 0.232 e. The number of halogens is 1. The summed E-state index contributed by atoms with van der Waals surface area (Å²) >= 11 is 6.05. The molecule has 3 rings (SSSR count). The molecule has 0 aromatic carbocycles. The number of hydrogen-bond donors (Lipinski definition) is 0. The highest BCUT2D eigenvalue weighted by Gasteiger charge is 2.36. The topological polar surface area (TPSA) is 62.7 Å². The zero-order valence-electron chi connectivity index (χ0n) is 13.1. The van der Waals surface area contributed by atoms with Crippen molar-refractivity contribution in [3.05, 3.63) is 23.4 Å². The summed E-state index contributed by atoms with van der Waals surface area (Å²) in [6, 6.07) is 3.51. The molecular weight excluding hydrogens is 318 g/mol. The second-order valence-corrected chi connectivity index (χ2v) is 6.52. The number of pyridine rings is 1. The Labute approximate surface area is 140 Å². The first-order valence-corrected chi connectivity index (χ1v) is 8.22. The molecule has 2 saturated heterocycles. The third-order valence-electron chi connectivity index (χ3n) is 4.45. The van der Waals surface area contributed by atoms with Gasteiger partial charge in [-0.05, 0) is 12.1 Å². The van der Waals surface area contributed by atoms with E-state index in [-0.39, 0.29) is 23.8 Å². The van der Waals surface area contributed by atoms with Gasteiger partial charge in [0.1, 0.15) is 11.1 Å². The first-order chi connectivity index (χ1) is 11.0. The van der Waals surface area contributed by atoms with Gasteiger partial charge in [0.2, 0.25) is 17.7 Å². The van der Waals surface area contributed by atoms with Crippen LogP contribution in [0.1, 0.15) is 19.3 Å². The number of carbonyl (C=O) groups is 2. The first-order valence-electron chi connectivity index (χ1n) is 7.84. The third-order valence-corrected chi connectivity index (χ3v) is 4.73. The van der Waals surface area contributed by atoms with Crippen LogP contribution in [0.4, 0.5) is 0 Å². The van der Waals surface area contributed by atoms with E-state index in [0.29, 0.717) is 37.0 Å². The van der Waals surface area contributed by atoms with Gasteiger partial charge >= 0.3 is 0 Å². The van der Waals surface area contributed by atoms with Crippen LogP contribution in [0.15, 0.2) is 18.3 Å². The molecule has 1 atom stereocenters. The van der Waals surface area contributed by atoms with E-state index in [1.807, 2.05) is 4.90 Å². The van der Waals surface area contributed by atoms with E-state index < -0.39 is 0 Å². The average molecular weight is 338 g/mol. The molecule has 2 fully saturated rings. The lowest BCUT2D eigenvalue weighted by Crippen LogP contribution is -2.44. The average Bonchev–Trinajstić information content (AvgIpc) is 2.89. The fourth-order valence-corrected chi connectivity index (χ4v) is 3.26. The molecule has 0 saturated carbocycles. The summed E-state index contributed by atoms with van der Waals surface area (Å²) in [4.78, 5) is 31.7. The molecule has 23 heavy (non-hydrogen) atoms. The number of amides is 2.